The van der Waals surface area contributed by atoms with E-state index in [0.29, 0.717) is 38.6 Å². The Labute approximate surface area is 183 Å². The molecule has 0 saturated carbocycles. The van der Waals surface area contributed by atoms with Gasteiger partial charge >= 0.3 is 0 Å². The molecule has 31 heavy (non-hydrogen) atoms. The van der Waals surface area contributed by atoms with Crippen LogP contribution in [0.4, 0.5) is 5.69 Å². The van der Waals surface area contributed by atoms with E-state index in [-0.39, 0.29) is 12.5 Å². The summed E-state index contributed by atoms with van der Waals surface area (Å²) in [6, 6.07) is 23.2. The van der Waals surface area contributed by atoms with Crippen molar-refractivity contribution in [3.8, 4) is 17.0 Å². The van der Waals surface area contributed by atoms with Gasteiger partial charge in [0.25, 0.3) is 11.8 Å². The molecule has 4 aromatic rings. The van der Waals surface area contributed by atoms with Crippen LogP contribution in [0.1, 0.15) is 10.4 Å². The number of nitrogens with one attached hydrogen (secondary N) is 1. The Morgan fingerprint density at radius 3 is 2.42 bits per heavy atom. The largest absolute Gasteiger partial charge is 0.483 e. The average Bonchev–Trinajstić information content (AvgIpc) is 2.78. The molecule has 0 aliphatic carbocycles. The van der Waals surface area contributed by atoms with Gasteiger partial charge in [0.1, 0.15) is 5.75 Å². The van der Waals surface area contributed by atoms with E-state index in [4.69, 9.17) is 22.1 Å². The van der Waals surface area contributed by atoms with Gasteiger partial charge in [-0.3, -0.25) is 9.59 Å². The Hall–Kier alpha value is -3.90. The number of nitrogens with two attached hydrogens (primary N) is 1. The van der Waals surface area contributed by atoms with E-state index in [0.717, 1.165) is 5.56 Å². The standard InChI is InChI=1S/C24H18ClN3O3/c25-17-8-6-15(7-9-17)21-13-22(31-14-23(26)29)19-12-18(10-11-20(19)28-21)27-24(30)16-4-2-1-3-5-16/h1-13H,14H2,(H2,26,29)(H,27,30). The summed E-state index contributed by atoms with van der Waals surface area (Å²) in [7, 11) is 0. The molecule has 0 unspecified atom stereocenters. The highest BCUT2D eigenvalue weighted by atomic mass is 35.5. The van der Waals surface area contributed by atoms with Gasteiger partial charge < -0.3 is 15.8 Å². The zero-order valence-electron chi connectivity index (χ0n) is 16.3. The second-order valence-corrected chi connectivity index (χ2v) is 7.26. The average molecular weight is 432 g/mol. The van der Waals surface area contributed by atoms with Gasteiger partial charge in [0.15, 0.2) is 6.61 Å². The fourth-order valence-electron chi connectivity index (χ4n) is 3.10. The third-order valence-corrected chi connectivity index (χ3v) is 4.83. The van der Waals surface area contributed by atoms with Crippen molar-refractivity contribution in [2.45, 2.75) is 0 Å². The molecule has 0 saturated heterocycles. The number of amides is 2. The number of fused-ring (bicyclic) bond motifs is 1. The number of carbonyl (C=O) groups is 2. The minimum atomic E-state index is -0.591. The number of ether oxygens (including phenoxy) is 1. The number of nitrogens with zero attached hydrogens (tertiary/aromatic N) is 1. The third-order valence-electron chi connectivity index (χ3n) is 4.57. The Balaban J connectivity index is 1.73. The van der Waals surface area contributed by atoms with Crippen LogP contribution < -0.4 is 15.8 Å². The number of anilines is 1. The summed E-state index contributed by atoms with van der Waals surface area (Å²) < 4.78 is 5.66. The summed E-state index contributed by atoms with van der Waals surface area (Å²) in [5.41, 5.74) is 8.52. The van der Waals surface area contributed by atoms with Crippen LogP contribution in [0.3, 0.4) is 0 Å². The molecular formula is C24H18ClN3O3. The number of rotatable bonds is 6. The van der Waals surface area contributed by atoms with Crippen molar-refractivity contribution < 1.29 is 14.3 Å². The van der Waals surface area contributed by atoms with E-state index >= 15 is 0 Å². The lowest BCUT2D eigenvalue weighted by Gasteiger charge is -2.13. The first-order chi connectivity index (χ1) is 15.0. The van der Waals surface area contributed by atoms with E-state index in [9.17, 15) is 9.59 Å². The molecule has 0 atom stereocenters. The van der Waals surface area contributed by atoms with Gasteiger partial charge in [-0.2, -0.15) is 0 Å². The summed E-state index contributed by atoms with van der Waals surface area (Å²) in [6.07, 6.45) is 0. The summed E-state index contributed by atoms with van der Waals surface area (Å²) in [4.78, 5) is 28.5. The Kier molecular flexibility index (Phi) is 5.82. The zero-order chi connectivity index (χ0) is 21.8. The molecule has 7 heteroatoms. The number of primary amides is 1. The van der Waals surface area contributed by atoms with Crippen molar-refractivity contribution >= 4 is 40.0 Å². The zero-order valence-corrected chi connectivity index (χ0v) is 17.1. The van der Waals surface area contributed by atoms with Gasteiger partial charge in [-0.25, -0.2) is 4.98 Å². The number of pyridine rings is 1. The van der Waals surface area contributed by atoms with Gasteiger partial charge in [-0.05, 0) is 42.5 Å². The van der Waals surface area contributed by atoms with Crippen LogP contribution in [0.5, 0.6) is 5.75 Å². The minimum absolute atomic E-state index is 0.231. The summed E-state index contributed by atoms with van der Waals surface area (Å²) in [5, 5.41) is 4.13. The van der Waals surface area contributed by atoms with Crippen LogP contribution in [0.25, 0.3) is 22.2 Å². The van der Waals surface area contributed by atoms with Crippen LogP contribution in [0.15, 0.2) is 78.9 Å². The van der Waals surface area contributed by atoms with Gasteiger partial charge in [-0.15, -0.1) is 0 Å². The first-order valence-electron chi connectivity index (χ1n) is 9.48. The molecule has 0 aliphatic heterocycles. The topological polar surface area (TPSA) is 94.3 Å². The van der Waals surface area contributed by atoms with Gasteiger partial charge in [0.05, 0.1) is 11.2 Å². The second kappa shape index (κ2) is 8.85. The molecule has 6 nitrogen and oxygen atoms in total. The summed E-state index contributed by atoms with van der Waals surface area (Å²) >= 11 is 5.98. The first-order valence-corrected chi connectivity index (χ1v) is 9.85. The maximum atomic E-state index is 12.5. The highest BCUT2D eigenvalue weighted by Crippen LogP contribution is 2.32. The van der Waals surface area contributed by atoms with E-state index in [1.54, 1.807) is 60.7 Å². The maximum absolute atomic E-state index is 12.5. The molecule has 3 N–H and O–H groups in total. The first kappa shape index (κ1) is 20.4. The van der Waals surface area contributed by atoms with Crippen LogP contribution in [0.2, 0.25) is 5.02 Å². The number of carbonyl (C=O) groups excluding carboxylic acids is 2. The lowest BCUT2D eigenvalue weighted by molar-refractivity contribution is -0.119. The van der Waals surface area contributed by atoms with E-state index in [1.807, 2.05) is 18.2 Å². The highest BCUT2D eigenvalue weighted by Gasteiger charge is 2.12. The lowest BCUT2D eigenvalue weighted by Crippen LogP contribution is -2.20. The number of halogens is 1. The van der Waals surface area contributed by atoms with E-state index in [2.05, 4.69) is 10.3 Å². The van der Waals surface area contributed by atoms with E-state index in [1.165, 1.54) is 0 Å². The van der Waals surface area contributed by atoms with Crippen molar-refractivity contribution in [2.75, 3.05) is 11.9 Å². The van der Waals surface area contributed by atoms with Crippen molar-refractivity contribution in [3.05, 3.63) is 89.4 Å². The summed E-state index contributed by atoms with van der Waals surface area (Å²) in [6.45, 7) is -0.278. The molecule has 0 radical (unpaired) electrons. The predicted molar refractivity (Wildman–Crippen MR) is 121 cm³/mol. The Morgan fingerprint density at radius 1 is 0.968 bits per heavy atom. The smallest absolute Gasteiger partial charge is 0.255 e. The molecule has 4 rings (SSSR count). The molecule has 0 spiro atoms. The van der Waals surface area contributed by atoms with Gasteiger partial charge in [0, 0.05) is 33.3 Å². The van der Waals surface area contributed by atoms with Crippen LogP contribution >= 0.6 is 11.6 Å². The quantitative estimate of drug-likeness (QED) is 0.463. The number of hydrogen-bond donors (Lipinski definition) is 2. The van der Waals surface area contributed by atoms with Crippen molar-refractivity contribution in [1.29, 1.82) is 0 Å². The third kappa shape index (κ3) is 4.82. The fraction of sp³-hybridized carbons (Fsp3) is 0.0417. The molecule has 1 heterocycles. The SMILES string of the molecule is NC(=O)COc1cc(-c2ccc(Cl)cc2)nc2ccc(NC(=O)c3ccccc3)cc12. The number of hydrogen-bond acceptors (Lipinski definition) is 4. The number of benzene rings is 3. The van der Waals surface area contributed by atoms with Gasteiger partial charge in [0.2, 0.25) is 0 Å². The molecule has 0 aliphatic rings. The molecule has 0 fully saturated rings. The van der Waals surface area contributed by atoms with Crippen LogP contribution in [0, 0.1) is 0 Å². The Morgan fingerprint density at radius 2 is 1.71 bits per heavy atom. The lowest BCUT2D eigenvalue weighted by atomic mass is 10.1. The van der Waals surface area contributed by atoms with Crippen LogP contribution in [-0.2, 0) is 4.79 Å². The van der Waals surface area contributed by atoms with Crippen molar-refractivity contribution in [2.24, 2.45) is 5.73 Å². The molecule has 3 aromatic carbocycles. The molecule has 2 amide bonds. The normalized spacial score (nSPS) is 10.6. The molecular weight excluding hydrogens is 414 g/mol. The number of aromatic nitrogens is 1. The van der Waals surface area contributed by atoms with Crippen molar-refractivity contribution in [3.63, 3.8) is 0 Å². The monoisotopic (exact) mass is 431 g/mol. The van der Waals surface area contributed by atoms with E-state index < -0.39 is 5.91 Å². The van der Waals surface area contributed by atoms with Crippen LogP contribution in [-0.4, -0.2) is 23.4 Å². The second-order valence-electron chi connectivity index (χ2n) is 6.82. The molecule has 154 valence electrons. The van der Waals surface area contributed by atoms with Crippen molar-refractivity contribution in [1.82, 2.24) is 4.98 Å². The molecule has 1 aromatic heterocycles. The predicted octanol–water partition coefficient (Wildman–Crippen LogP) is 4.67. The fourth-order valence-corrected chi connectivity index (χ4v) is 3.23. The highest BCUT2D eigenvalue weighted by molar-refractivity contribution is 6.30. The Bertz CT molecular complexity index is 1260. The van der Waals surface area contributed by atoms with Gasteiger partial charge in [-0.1, -0.05) is 41.9 Å². The molecule has 0 bridgehead atoms. The summed E-state index contributed by atoms with van der Waals surface area (Å²) in [5.74, 6) is -0.388. The minimum Gasteiger partial charge on any atom is -0.483 e. The maximum Gasteiger partial charge on any atom is 0.255 e.